The molecule has 2 aromatic rings. The first kappa shape index (κ1) is 23.2. The molecule has 0 fully saturated rings. The molecule has 0 aliphatic heterocycles. The second kappa shape index (κ2) is 7.63. The van der Waals surface area contributed by atoms with Gasteiger partial charge in [-0.05, 0) is 24.3 Å². The number of benzene rings is 2. The molecule has 0 heterocycles. The zero-order valence-corrected chi connectivity index (χ0v) is 16.8. The molecule has 0 spiro atoms. The van der Waals surface area contributed by atoms with E-state index in [4.69, 9.17) is 0 Å². The highest BCUT2D eigenvalue weighted by molar-refractivity contribution is 9.11. The van der Waals surface area contributed by atoms with Gasteiger partial charge in [0, 0.05) is 26.1 Å². The van der Waals surface area contributed by atoms with E-state index in [1.54, 1.807) is 0 Å². The number of halogens is 11. The van der Waals surface area contributed by atoms with Gasteiger partial charge in [-0.2, -0.15) is 30.7 Å². The number of hydrogen-bond acceptors (Lipinski definition) is 1. The molecule has 28 heavy (non-hydrogen) atoms. The van der Waals surface area contributed by atoms with Crippen molar-refractivity contribution in [3.05, 3.63) is 50.9 Å². The summed E-state index contributed by atoms with van der Waals surface area (Å²) in [4.78, 5) is -1.22. The zero-order valence-electron chi connectivity index (χ0n) is 12.9. The van der Waals surface area contributed by atoms with Crippen LogP contribution in [-0.4, -0.2) is 21.6 Å². The fraction of sp³-hybridized carbons (Fsp3) is 0.200. The molecule has 2 aromatic carbocycles. The van der Waals surface area contributed by atoms with E-state index < -0.39 is 55.8 Å². The first-order valence-electron chi connectivity index (χ1n) is 6.80. The Morgan fingerprint density at radius 3 is 1.93 bits per heavy atom. The zero-order chi connectivity index (χ0) is 21.7. The minimum Gasteiger partial charge on any atom is -0.248 e. The molecular formula is C15H5Br2F9OS. The summed E-state index contributed by atoms with van der Waals surface area (Å²) < 4.78 is 131. The van der Waals surface area contributed by atoms with Crippen LogP contribution in [0.25, 0.3) is 11.1 Å². The van der Waals surface area contributed by atoms with Crippen LogP contribution in [0, 0.1) is 11.6 Å². The van der Waals surface area contributed by atoms with Crippen LogP contribution < -0.4 is 0 Å². The predicted octanol–water partition coefficient (Wildman–Crippen LogP) is 7.05. The molecule has 0 aromatic heterocycles. The van der Waals surface area contributed by atoms with Crippen molar-refractivity contribution in [2.75, 3.05) is 0 Å². The monoisotopic (exact) mass is 562 g/mol. The van der Waals surface area contributed by atoms with E-state index in [9.17, 15) is 43.7 Å². The number of rotatable bonds is 4. The Morgan fingerprint density at radius 2 is 1.43 bits per heavy atom. The fourth-order valence-electron chi connectivity index (χ4n) is 2.07. The molecule has 1 unspecified atom stereocenters. The Bertz CT molecular complexity index is 944. The van der Waals surface area contributed by atoms with Crippen LogP contribution in [0.5, 0.6) is 0 Å². The Labute approximate surface area is 170 Å². The summed E-state index contributed by atoms with van der Waals surface area (Å²) in [5, 5.41) is -6.09. The van der Waals surface area contributed by atoms with Gasteiger partial charge in [0.1, 0.15) is 22.4 Å². The number of alkyl halides is 7. The molecule has 0 radical (unpaired) electrons. The second-order valence-electron chi connectivity index (χ2n) is 5.24. The minimum atomic E-state index is -6.70. The third-order valence-corrected chi connectivity index (χ3v) is 5.90. The topological polar surface area (TPSA) is 17.1 Å². The summed E-state index contributed by atoms with van der Waals surface area (Å²) in [6, 6.07) is 3.47. The molecule has 0 N–H and O–H groups in total. The van der Waals surface area contributed by atoms with E-state index in [1.807, 2.05) is 0 Å². The number of hydrogen-bond donors (Lipinski definition) is 0. The van der Waals surface area contributed by atoms with Gasteiger partial charge >= 0.3 is 17.4 Å². The Morgan fingerprint density at radius 1 is 0.857 bits per heavy atom. The van der Waals surface area contributed by atoms with Crippen molar-refractivity contribution in [1.29, 1.82) is 0 Å². The lowest BCUT2D eigenvalue weighted by Gasteiger charge is -2.28. The first-order chi connectivity index (χ1) is 12.6. The molecule has 13 heteroatoms. The summed E-state index contributed by atoms with van der Waals surface area (Å²) in [6.07, 6.45) is -6.70. The molecule has 0 aliphatic rings. The third kappa shape index (κ3) is 3.97. The summed E-state index contributed by atoms with van der Waals surface area (Å²) >= 11 is 5.63. The first-order valence-corrected chi connectivity index (χ1v) is 9.53. The van der Waals surface area contributed by atoms with Crippen molar-refractivity contribution < 1.29 is 43.7 Å². The van der Waals surface area contributed by atoms with Gasteiger partial charge in [-0.25, -0.2) is 13.0 Å². The van der Waals surface area contributed by atoms with Gasteiger partial charge in [0.05, 0.1) is 4.90 Å². The summed E-state index contributed by atoms with van der Waals surface area (Å²) in [7, 11) is -4.28. The van der Waals surface area contributed by atoms with Crippen LogP contribution in [0.4, 0.5) is 39.5 Å². The maximum atomic E-state index is 14.1. The van der Waals surface area contributed by atoms with E-state index in [-0.39, 0.29) is 8.95 Å². The third-order valence-electron chi connectivity index (χ3n) is 3.37. The summed E-state index contributed by atoms with van der Waals surface area (Å²) in [5.74, 6) is -9.04. The molecule has 1 nitrogen and oxygen atoms in total. The van der Waals surface area contributed by atoms with Crippen molar-refractivity contribution in [3.63, 3.8) is 0 Å². The van der Waals surface area contributed by atoms with E-state index in [0.29, 0.717) is 18.2 Å². The highest BCUT2D eigenvalue weighted by atomic mass is 79.9. The maximum Gasteiger partial charge on any atom is 0.461 e. The average molecular weight is 564 g/mol. The van der Waals surface area contributed by atoms with Gasteiger partial charge < -0.3 is 0 Å². The highest BCUT2D eigenvalue weighted by Crippen LogP contribution is 2.51. The lowest BCUT2D eigenvalue weighted by Crippen LogP contribution is -2.54. The van der Waals surface area contributed by atoms with Gasteiger partial charge in [0.2, 0.25) is 0 Å². The summed E-state index contributed by atoms with van der Waals surface area (Å²) in [6.45, 7) is 0. The lowest BCUT2D eigenvalue weighted by molar-refractivity contribution is -0.331. The van der Waals surface area contributed by atoms with Gasteiger partial charge in [0.25, 0.3) is 0 Å². The maximum absolute atomic E-state index is 14.1. The van der Waals surface area contributed by atoms with Crippen LogP contribution in [0.2, 0.25) is 0 Å². The normalized spacial score (nSPS) is 14.2. The highest BCUT2D eigenvalue weighted by Gasteiger charge is 2.76. The lowest BCUT2D eigenvalue weighted by atomic mass is 10.1. The van der Waals surface area contributed by atoms with Crippen LogP contribution in [0.15, 0.2) is 44.2 Å². The van der Waals surface area contributed by atoms with Crippen LogP contribution in [0.3, 0.4) is 0 Å². The molecule has 0 bridgehead atoms. The molecule has 0 saturated carbocycles. The van der Waals surface area contributed by atoms with Crippen molar-refractivity contribution >= 4 is 42.7 Å². The molecular weight excluding hydrogens is 559 g/mol. The summed E-state index contributed by atoms with van der Waals surface area (Å²) in [5.41, 5.74) is -1.34. The Kier molecular flexibility index (Phi) is 6.33. The standard InChI is InChI=1S/C15H5Br2F9OS/c16-6-3-9(17)12(8-2-1-7(18)5-10(8)19)11(4-6)28(27)15(25,26)13(20,21)14(22,23)24/h1-5H. The molecule has 154 valence electrons. The smallest absolute Gasteiger partial charge is 0.248 e. The van der Waals surface area contributed by atoms with Gasteiger partial charge in [-0.1, -0.05) is 31.9 Å². The molecule has 2 rings (SSSR count). The van der Waals surface area contributed by atoms with E-state index in [0.717, 1.165) is 12.1 Å². The van der Waals surface area contributed by atoms with E-state index in [1.165, 1.54) is 0 Å². The SMILES string of the molecule is O=S(c1cc(Br)cc(Br)c1-c1ccc(F)cc1F)C(F)(F)C(F)(F)C(F)(F)F. The van der Waals surface area contributed by atoms with Crippen LogP contribution in [-0.2, 0) is 10.8 Å². The molecule has 0 amide bonds. The van der Waals surface area contributed by atoms with Crippen molar-refractivity contribution in [3.8, 4) is 11.1 Å². The second-order valence-corrected chi connectivity index (χ2v) is 8.50. The Balaban J connectivity index is 2.77. The molecule has 1 atom stereocenters. The van der Waals surface area contributed by atoms with E-state index >= 15 is 0 Å². The van der Waals surface area contributed by atoms with Gasteiger partial charge in [-0.3, -0.25) is 0 Å². The van der Waals surface area contributed by atoms with Gasteiger partial charge in [-0.15, -0.1) is 0 Å². The van der Waals surface area contributed by atoms with E-state index in [2.05, 4.69) is 31.9 Å². The average Bonchev–Trinajstić information content (AvgIpc) is 2.53. The molecule has 0 saturated heterocycles. The van der Waals surface area contributed by atoms with Gasteiger partial charge in [0.15, 0.2) is 0 Å². The molecule has 0 aliphatic carbocycles. The fourth-order valence-corrected chi connectivity index (χ4v) is 5.05. The minimum absolute atomic E-state index is 0.125. The largest absolute Gasteiger partial charge is 0.461 e. The predicted molar refractivity (Wildman–Crippen MR) is 89.6 cm³/mol. The quantitative estimate of drug-likeness (QED) is 0.364. The van der Waals surface area contributed by atoms with Crippen molar-refractivity contribution in [2.24, 2.45) is 0 Å². The van der Waals surface area contributed by atoms with Crippen LogP contribution in [0.1, 0.15) is 0 Å². The Hall–Kier alpha value is -1.08. The van der Waals surface area contributed by atoms with Crippen LogP contribution >= 0.6 is 31.9 Å². The van der Waals surface area contributed by atoms with Crippen molar-refractivity contribution in [1.82, 2.24) is 0 Å². The van der Waals surface area contributed by atoms with Crippen molar-refractivity contribution in [2.45, 2.75) is 22.2 Å².